The van der Waals surface area contributed by atoms with Crippen molar-refractivity contribution < 1.29 is 4.74 Å². The Bertz CT molecular complexity index is 575. The lowest BCUT2D eigenvalue weighted by Gasteiger charge is -2.10. The first kappa shape index (κ1) is 13.1. The zero-order chi connectivity index (χ0) is 13.1. The van der Waals surface area contributed by atoms with Crippen LogP contribution in [0.4, 0.5) is 17.1 Å². The highest BCUT2D eigenvalue weighted by Crippen LogP contribution is 2.31. The molecule has 5 heteroatoms. The fourth-order valence-corrected chi connectivity index (χ4v) is 2.31. The summed E-state index contributed by atoms with van der Waals surface area (Å²) in [5, 5.41) is 3.80. The fraction of sp³-hybridized carbons (Fsp3) is 0.0769. The molecule has 0 aliphatic carbocycles. The number of methoxy groups -OCH3 is 1. The second kappa shape index (κ2) is 5.50. The Morgan fingerprint density at radius 2 is 2.00 bits per heavy atom. The summed E-state index contributed by atoms with van der Waals surface area (Å²) in [5.41, 5.74) is 8.01. The molecule has 2 rings (SSSR count). The van der Waals surface area contributed by atoms with Crippen molar-refractivity contribution in [1.82, 2.24) is 0 Å². The van der Waals surface area contributed by atoms with Gasteiger partial charge in [0.15, 0.2) is 0 Å². The highest BCUT2D eigenvalue weighted by atomic mass is 79.9. The van der Waals surface area contributed by atoms with Crippen molar-refractivity contribution in [3.8, 4) is 5.75 Å². The number of nitrogens with two attached hydrogens (primary N) is 1. The summed E-state index contributed by atoms with van der Waals surface area (Å²) in [6.45, 7) is 0. The number of hydrogen-bond donors (Lipinski definition) is 2. The summed E-state index contributed by atoms with van der Waals surface area (Å²) in [5.74, 6) is 0.781. The van der Waals surface area contributed by atoms with Gasteiger partial charge in [-0.05, 0) is 52.3 Å². The van der Waals surface area contributed by atoms with Gasteiger partial charge in [-0.15, -0.1) is 0 Å². The van der Waals surface area contributed by atoms with Crippen molar-refractivity contribution in [1.29, 1.82) is 0 Å². The number of benzene rings is 2. The van der Waals surface area contributed by atoms with E-state index in [1.165, 1.54) is 0 Å². The monoisotopic (exact) mass is 326 g/mol. The maximum absolute atomic E-state index is 6.10. The van der Waals surface area contributed by atoms with Gasteiger partial charge >= 0.3 is 0 Å². The number of hydrogen-bond acceptors (Lipinski definition) is 3. The fourth-order valence-electron chi connectivity index (χ4n) is 1.53. The minimum atomic E-state index is 0.585. The molecule has 0 amide bonds. The van der Waals surface area contributed by atoms with Gasteiger partial charge in [-0.3, -0.25) is 0 Å². The van der Waals surface area contributed by atoms with E-state index in [9.17, 15) is 0 Å². The van der Waals surface area contributed by atoms with Gasteiger partial charge in [0.25, 0.3) is 0 Å². The summed E-state index contributed by atoms with van der Waals surface area (Å²) in [7, 11) is 1.63. The van der Waals surface area contributed by atoms with Crippen molar-refractivity contribution in [2.45, 2.75) is 0 Å². The first-order chi connectivity index (χ1) is 8.60. The van der Waals surface area contributed by atoms with Crippen LogP contribution < -0.4 is 15.8 Å². The molecule has 3 N–H and O–H groups in total. The first-order valence-electron chi connectivity index (χ1n) is 5.26. The minimum Gasteiger partial charge on any atom is -0.496 e. The number of rotatable bonds is 3. The van der Waals surface area contributed by atoms with E-state index in [4.69, 9.17) is 22.1 Å². The maximum Gasteiger partial charge on any atom is 0.133 e. The van der Waals surface area contributed by atoms with Gasteiger partial charge in [0.05, 0.1) is 22.3 Å². The summed E-state index contributed by atoms with van der Waals surface area (Å²) in [6, 6.07) is 11.1. The molecule has 0 aromatic heterocycles. The van der Waals surface area contributed by atoms with Crippen LogP contribution in [0.25, 0.3) is 0 Å². The smallest absolute Gasteiger partial charge is 0.133 e. The average Bonchev–Trinajstić information content (AvgIpc) is 2.33. The number of nitrogens with one attached hydrogen (secondary N) is 1. The SMILES string of the molecule is COc1ccc(Nc2ccc(N)cc2Cl)cc1Br. The predicted molar refractivity (Wildman–Crippen MR) is 79.8 cm³/mol. The largest absolute Gasteiger partial charge is 0.496 e. The van der Waals surface area contributed by atoms with E-state index in [2.05, 4.69) is 21.2 Å². The van der Waals surface area contributed by atoms with Crippen LogP contribution in [0.1, 0.15) is 0 Å². The number of nitrogen functional groups attached to an aromatic ring is 1. The zero-order valence-electron chi connectivity index (χ0n) is 9.71. The molecule has 3 nitrogen and oxygen atoms in total. The van der Waals surface area contributed by atoms with E-state index >= 15 is 0 Å². The maximum atomic E-state index is 6.10. The highest BCUT2D eigenvalue weighted by molar-refractivity contribution is 9.10. The van der Waals surface area contributed by atoms with Gasteiger partial charge < -0.3 is 15.8 Å². The van der Waals surface area contributed by atoms with Gasteiger partial charge in [0.2, 0.25) is 0 Å². The lowest BCUT2D eigenvalue weighted by molar-refractivity contribution is 0.412. The Morgan fingerprint density at radius 3 is 2.61 bits per heavy atom. The van der Waals surface area contributed by atoms with E-state index in [1.54, 1.807) is 19.2 Å². The molecule has 18 heavy (non-hydrogen) atoms. The lowest BCUT2D eigenvalue weighted by atomic mass is 10.2. The molecule has 2 aromatic rings. The predicted octanol–water partition coefficient (Wildman–Crippen LogP) is 4.44. The van der Waals surface area contributed by atoms with Crippen molar-refractivity contribution in [3.63, 3.8) is 0 Å². The lowest BCUT2D eigenvalue weighted by Crippen LogP contribution is -1.93. The van der Waals surface area contributed by atoms with E-state index < -0.39 is 0 Å². The van der Waals surface area contributed by atoms with Crippen LogP contribution in [0, 0.1) is 0 Å². The molecule has 94 valence electrons. The number of ether oxygens (including phenoxy) is 1. The molecule has 0 unspecified atom stereocenters. The van der Waals surface area contributed by atoms with Crippen LogP contribution in [0.5, 0.6) is 5.75 Å². The third kappa shape index (κ3) is 2.89. The molecule has 0 heterocycles. The second-order valence-electron chi connectivity index (χ2n) is 3.71. The minimum absolute atomic E-state index is 0.585. The average molecular weight is 328 g/mol. The van der Waals surface area contributed by atoms with Crippen LogP contribution in [0.2, 0.25) is 5.02 Å². The Labute approximate surface area is 119 Å². The first-order valence-corrected chi connectivity index (χ1v) is 6.43. The van der Waals surface area contributed by atoms with E-state index in [0.717, 1.165) is 21.6 Å². The summed E-state index contributed by atoms with van der Waals surface area (Å²) in [6.07, 6.45) is 0. The number of anilines is 3. The van der Waals surface area contributed by atoms with Gasteiger partial charge in [-0.25, -0.2) is 0 Å². The third-order valence-electron chi connectivity index (χ3n) is 2.42. The summed E-state index contributed by atoms with van der Waals surface area (Å²) >= 11 is 9.53. The molecule has 0 spiro atoms. The van der Waals surface area contributed by atoms with Crippen LogP contribution in [0.3, 0.4) is 0 Å². The molecule has 0 fully saturated rings. The van der Waals surface area contributed by atoms with Crippen LogP contribution >= 0.6 is 27.5 Å². The third-order valence-corrected chi connectivity index (χ3v) is 3.36. The molecule has 0 aliphatic heterocycles. The van der Waals surface area contributed by atoms with Crippen molar-refractivity contribution in [2.24, 2.45) is 0 Å². The Morgan fingerprint density at radius 1 is 1.22 bits per heavy atom. The van der Waals surface area contributed by atoms with E-state index in [0.29, 0.717) is 10.7 Å². The molecule has 0 radical (unpaired) electrons. The molecule has 0 bridgehead atoms. The van der Waals surface area contributed by atoms with Crippen molar-refractivity contribution >= 4 is 44.6 Å². The Hall–Kier alpha value is -1.39. The van der Waals surface area contributed by atoms with E-state index in [1.807, 2.05) is 24.3 Å². The van der Waals surface area contributed by atoms with Crippen LogP contribution in [0.15, 0.2) is 40.9 Å². The molecule has 0 atom stereocenters. The molecule has 0 saturated carbocycles. The number of halogens is 2. The highest BCUT2D eigenvalue weighted by Gasteiger charge is 2.04. The molecule has 0 saturated heterocycles. The van der Waals surface area contributed by atoms with Gasteiger partial charge in [-0.1, -0.05) is 11.6 Å². The summed E-state index contributed by atoms with van der Waals surface area (Å²) < 4.78 is 6.05. The van der Waals surface area contributed by atoms with Gasteiger partial charge in [-0.2, -0.15) is 0 Å². The Balaban J connectivity index is 2.26. The topological polar surface area (TPSA) is 47.3 Å². The van der Waals surface area contributed by atoms with Gasteiger partial charge in [0, 0.05) is 11.4 Å². The van der Waals surface area contributed by atoms with Crippen LogP contribution in [-0.4, -0.2) is 7.11 Å². The van der Waals surface area contributed by atoms with E-state index in [-0.39, 0.29) is 0 Å². The molecule has 2 aromatic carbocycles. The quantitative estimate of drug-likeness (QED) is 0.819. The van der Waals surface area contributed by atoms with Crippen LogP contribution in [-0.2, 0) is 0 Å². The molecule has 0 aliphatic rings. The van der Waals surface area contributed by atoms with Gasteiger partial charge in [0.1, 0.15) is 5.75 Å². The second-order valence-corrected chi connectivity index (χ2v) is 4.98. The zero-order valence-corrected chi connectivity index (χ0v) is 12.0. The van der Waals surface area contributed by atoms with Crippen molar-refractivity contribution in [2.75, 3.05) is 18.2 Å². The Kier molecular flexibility index (Phi) is 3.99. The molecular weight excluding hydrogens is 316 g/mol. The van der Waals surface area contributed by atoms with Crippen molar-refractivity contribution in [3.05, 3.63) is 45.9 Å². The normalized spacial score (nSPS) is 10.2. The summed E-state index contributed by atoms with van der Waals surface area (Å²) in [4.78, 5) is 0. The molecular formula is C13H12BrClN2O. The standard InChI is InChI=1S/C13H12BrClN2O/c1-18-13-5-3-9(7-10(13)14)17-12-4-2-8(16)6-11(12)15/h2-7,17H,16H2,1H3.